The zero-order valence-corrected chi connectivity index (χ0v) is 12.1. The van der Waals surface area contributed by atoms with Gasteiger partial charge in [-0.3, -0.25) is 0 Å². The Hall–Kier alpha value is -0.113. The Balaban J connectivity index is 2.92. The average molecular weight is 286 g/mol. The van der Waals surface area contributed by atoms with Crippen LogP contribution >= 0.6 is 0 Å². The number of hydrogen-bond acceptors (Lipinski definition) is 3. The molecule has 0 aromatic rings. The first-order valence-corrected chi connectivity index (χ1v) is 8.09. The first-order chi connectivity index (χ1) is 8.35. The molecule has 1 fully saturated rings. The maximum absolute atomic E-state index is 12.5. The van der Waals surface area contributed by atoms with Crippen molar-refractivity contribution in [1.82, 2.24) is 0 Å². The van der Waals surface area contributed by atoms with E-state index in [0.717, 1.165) is 12.8 Å². The summed E-state index contributed by atoms with van der Waals surface area (Å²) in [6, 6.07) is 0.686. The number of ether oxygens (including phenoxy) is 1. The van der Waals surface area contributed by atoms with Crippen molar-refractivity contribution >= 4 is 8.56 Å². The molecule has 1 rings (SSSR count). The molecule has 0 aliphatic carbocycles. The fraction of sp³-hybridized carbons (Fsp3) is 1.00. The SMILES string of the molecule is COC1(CCC(F)(F)F)CCCC[Si]1(OC)OC. The summed E-state index contributed by atoms with van der Waals surface area (Å²) in [5.41, 5.74) is 0. The molecule has 1 unspecified atom stereocenters. The normalized spacial score (nSPS) is 28.3. The standard InChI is InChI=1S/C11H21F3O3Si/c1-15-10(7-8-11(12,13)14)6-4-5-9-18(10,16-2)17-3/h4-9H2,1-3H3. The van der Waals surface area contributed by atoms with Crippen LogP contribution < -0.4 is 0 Å². The van der Waals surface area contributed by atoms with Crippen LogP contribution in [-0.2, 0) is 13.6 Å². The van der Waals surface area contributed by atoms with Crippen molar-refractivity contribution in [2.45, 2.75) is 49.5 Å². The Bertz CT molecular complexity index is 269. The molecule has 0 amide bonds. The highest BCUT2D eigenvalue weighted by Gasteiger charge is 2.59. The van der Waals surface area contributed by atoms with E-state index in [-0.39, 0.29) is 6.42 Å². The predicted octanol–water partition coefficient (Wildman–Crippen LogP) is 3.17. The van der Waals surface area contributed by atoms with Gasteiger partial charge in [-0.15, -0.1) is 0 Å². The molecular weight excluding hydrogens is 265 g/mol. The molecule has 0 radical (unpaired) electrons. The second-order valence-corrected chi connectivity index (χ2v) is 8.42. The van der Waals surface area contributed by atoms with Gasteiger partial charge in [-0.2, -0.15) is 13.2 Å². The van der Waals surface area contributed by atoms with Crippen LogP contribution in [0.2, 0.25) is 6.04 Å². The van der Waals surface area contributed by atoms with E-state index in [1.165, 1.54) is 21.3 Å². The van der Waals surface area contributed by atoms with Crippen molar-refractivity contribution in [2.75, 3.05) is 21.3 Å². The van der Waals surface area contributed by atoms with Crippen LogP contribution in [0.1, 0.15) is 32.1 Å². The van der Waals surface area contributed by atoms with Crippen LogP contribution in [-0.4, -0.2) is 41.3 Å². The fourth-order valence-electron chi connectivity index (χ4n) is 2.86. The first-order valence-electron chi connectivity index (χ1n) is 6.07. The summed E-state index contributed by atoms with van der Waals surface area (Å²) in [6.07, 6.45) is -2.76. The van der Waals surface area contributed by atoms with Gasteiger partial charge < -0.3 is 13.6 Å². The van der Waals surface area contributed by atoms with Gasteiger partial charge in [-0.1, -0.05) is 12.8 Å². The quantitative estimate of drug-likeness (QED) is 0.727. The van der Waals surface area contributed by atoms with Crippen LogP contribution in [0.25, 0.3) is 0 Å². The molecule has 108 valence electrons. The molecular formula is C11H21F3O3Si. The van der Waals surface area contributed by atoms with Gasteiger partial charge in [0.2, 0.25) is 0 Å². The van der Waals surface area contributed by atoms with Gasteiger partial charge in [0.15, 0.2) is 0 Å². The average Bonchev–Trinajstić information content (AvgIpc) is 2.35. The minimum atomic E-state index is -4.18. The molecule has 7 heteroatoms. The summed E-state index contributed by atoms with van der Waals surface area (Å²) < 4.78 is 53.9. The molecule has 1 atom stereocenters. The number of rotatable bonds is 5. The van der Waals surface area contributed by atoms with E-state index in [9.17, 15) is 13.2 Å². The highest BCUT2D eigenvalue weighted by molar-refractivity contribution is 6.70. The highest BCUT2D eigenvalue weighted by atomic mass is 28.4. The van der Waals surface area contributed by atoms with Crippen LogP contribution in [0, 0.1) is 0 Å². The van der Waals surface area contributed by atoms with Gasteiger partial charge >= 0.3 is 14.7 Å². The molecule has 0 aromatic heterocycles. The maximum Gasteiger partial charge on any atom is 0.389 e. The summed E-state index contributed by atoms with van der Waals surface area (Å²) in [5, 5.41) is -0.885. The van der Waals surface area contributed by atoms with Gasteiger partial charge in [0.25, 0.3) is 0 Å². The van der Waals surface area contributed by atoms with Gasteiger partial charge in [0.05, 0.1) is 0 Å². The van der Waals surface area contributed by atoms with Crippen molar-refractivity contribution in [3.8, 4) is 0 Å². The largest absolute Gasteiger partial charge is 0.396 e. The van der Waals surface area contributed by atoms with Crippen LogP contribution in [0.5, 0.6) is 0 Å². The van der Waals surface area contributed by atoms with Crippen molar-refractivity contribution in [3.63, 3.8) is 0 Å². The molecule has 0 aromatic carbocycles. The highest BCUT2D eigenvalue weighted by Crippen LogP contribution is 2.44. The lowest BCUT2D eigenvalue weighted by Crippen LogP contribution is -2.64. The molecule has 3 nitrogen and oxygen atoms in total. The van der Waals surface area contributed by atoms with E-state index in [2.05, 4.69) is 0 Å². The summed E-state index contributed by atoms with van der Waals surface area (Å²) in [6.45, 7) is 0. The Kier molecular flexibility index (Phi) is 5.22. The summed E-state index contributed by atoms with van der Waals surface area (Å²) in [4.78, 5) is 0. The monoisotopic (exact) mass is 286 g/mol. The number of methoxy groups -OCH3 is 1. The minimum Gasteiger partial charge on any atom is -0.396 e. The van der Waals surface area contributed by atoms with Crippen molar-refractivity contribution in [1.29, 1.82) is 0 Å². The molecule has 1 saturated heterocycles. The van der Waals surface area contributed by atoms with Crippen LogP contribution in [0.15, 0.2) is 0 Å². The van der Waals surface area contributed by atoms with E-state index in [0.29, 0.717) is 12.5 Å². The Morgan fingerprint density at radius 3 is 2.17 bits per heavy atom. The molecule has 18 heavy (non-hydrogen) atoms. The lowest BCUT2D eigenvalue weighted by molar-refractivity contribution is -0.147. The molecule has 0 spiro atoms. The van der Waals surface area contributed by atoms with E-state index in [4.69, 9.17) is 13.6 Å². The first kappa shape index (κ1) is 15.9. The maximum atomic E-state index is 12.5. The van der Waals surface area contributed by atoms with Gasteiger partial charge in [-0.25, -0.2) is 0 Å². The topological polar surface area (TPSA) is 27.7 Å². The molecule has 1 aliphatic rings. The predicted molar refractivity (Wildman–Crippen MR) is 63.5 cm³/mol. The van der Waals surface area contributed by atoms with Gasteiger partial charge in [0.1, 0.15) is 5.22 Å². The smallest absolute Gasteiger partial charge is 0.389 e. The summed E-state index contributed by atoms with van der Waals surface area (Å²) >= 11 is 0. The Morgan fingerprint density at radius 2 is 1.72 bits per heavy atom. The van der Waals surface area contributed by atoms with Crippen molar-refractivity contribution < 1.29 is 26.8 Å². The third kappa shape index (κ3) is 3.07. The van der Waals surface area contributed by atoms with E-state index in [1.807, 2.05) is 0 Å². The van der Waals surface area contributed by atoms with E-state index in [1.54, 1.807) is 0 Å². The van der Waals surface area contributed by atoms with Gasteiger partial charge in [0, 0.05) is 27.8 Å². The number of alkyl halides is 3. The Morgan fingerprint density at radius 1 is 1.11 bits per heavy atom. The van der Waals surface area contributed by atoms with Crippen LogP contribution in [0.3, 0.4) is 0 Å². The molecule has 0 bridgehead atoms. The molecule has 0 saturated carbocycles. The van der Waals surface area contributed by atoms with Crippen LogP contribution in [0.4, 0.5) is 13.2 Å². The van der Waals surface area contributed by atoms with Crippen molar-refractivity contribution in [2.24, 2.45) is 0 Å². The Labute approximate surface area is 107 Å². The summed E-state index contributed by atoms with van der Waals surface area (Å²) in [7, 11) is 1.76. The zero-order chi connectivity index (χ0) is 13.9. The van der Waals surface area contributed by atoms with E-state index >= 15 is 0 Å². The van der Waals surface area contributed by atoms with E-state index < -0.39 is 26.4 Å². The number of halogens is 3. The molecule has 0 N–H and O–H groups in total. The third-order valence-corrected chi connectivity index (χ3v) is 8.32. The lowest BCUT2D eigenvalue weighted by Gasteiger charge is -2.48. The molecule has 1 aliphatic heterocycles. The number of hydrogen-bond donors (Lipinski definition) is 0. The van der Waals surface area contributed by atoms with Gasteiger partial charge in [-0.05, 0) is 18.9 Å². The molecule has 1 heterocycles. The minimum absolute atomic E-state index is 0.0824. The second-order valence-electron chi connectivity index (χ2n) is 4.68. The van der Waals surface area contributed by atoms with Crippen molar-refractivity contribution in [3.05, 3.63) is 0 Å². The second kappa shape index (κ2) is 5.90. The summed E-state index contributed by atoms with van der Waals surface area (Å²) in [5.74, 6) is 0. The lowest BCUT2D eigenvalue weighted by atomic mass is 10.1. The zero-order valence-electron chi connectivity index (χ0n) is 11.1. The third-order valence-electron chi connectivity index (χ3n) is 3.89. The fourth-order valence-corrected chi connectivity index (χ4v) is 6.73.